The van der Waals surface area contributed by atoms with Gasteiger partial charge in [-0.2, -0.15) is 11.3 Å². The van der Waals surface area contributed by atoms with Crippen LogP contribution in [-0.2, 0) is 15.1 Å². The Labute approximate surface area is 216 Å². The summed E-state index contributed by atoms with van der Waals surface area (Å²) in [7, 11) is 0. The summed E-state index contributed by atoms with van der Waals surface area (Å²) in [5, 5.41) is 7.47. The Kier molecular flexibility index (Phi) is 6.40. The number of rotatable bonds is 5. The van der Waals surface area contributed by atoms with Gasteiger partial charge < -0.3 is 5.32 Å². The number of anilines is 2. The summed E-state index contributed by atoms with van der Waals surface area (Å²) in [6, 6.07) is 22.3. The van der Waals surface area contributed by atoms with E-state index in [2.05, 4.69) is 5.32 Å². The number of nitrogens with zero attached hydrogens (tertiary/aromatic N) is 1. The van der Waals surface area contributed by atoms with Crippen molar-refractivity contribution in [1.29, 1.82) is 0 Å². The van der Waals surface area contributed by atoms with E-state index in [1.807, 2.05) is 41.1 Å². The van der Waals surface area contributed by atoms with E-state index in [-0.39, 0.29) is 18.0 Å². The van der Waals surface area contributed by atoms with Gasteiger partial charge in [0.15, 0.2) is 5.78 Å². The molecule has 1 fully saturated rings. The largest absolute Gasteiger partial charge is 0.356 e. The standard InChI is InChI=1S/C27H20ClFN2O2S2/c28-23-7-2-1-6-22(23)25-24(32)15-27(31(34)26(25)33,18-12-13-35-16-18)17-4-3-5-21(14-17)30-20-10-8-19(29)9-11-20/h1-14,16,25,30,34H,15H2. The summed E-state index contributed by atoms with van der Waals surface area (Å²) in [5.41, 5.74) is 2.36. The normalized spacial score (nSPS) is 20.2. The molecule has 1 aromatic heterocycles. The second kappa shape index (κ2) is 9.49. The van der Waals surface area contributed by atoms with E-state index >= 15 is 0 Å². The van der Waals surface area contributed by atoms with Gasteiger partial charge in [-0.05, 0) is 76.0 Å². The molecule has 176 valence electrons. The number of carbonyl (C=O) groups excluding carboxylic acids is 2. The van der Waals surface area contributed by atoms with Crippen LogP contribution < -0.4 is 5.32 Å². The molecule has 1 N–H and O–H groups in total. The number of ketones is 1. The number of thiol groups is 1. The van der Waals surface area contributed by atoms with Gasteiger partial charge in [-0.25, -0.2) is 4.39 Å². The van der Waals surface area contributed by atoms with Crippen LogP contribution in [0.2, 0.25) is 5.02 Å². The number of piperidine rings is 1. The maximum absolute atomic E-state index is 13.7. The van der Waals surface area contributed by atoms with Gasteiger partial charge in [0, 0.05) is 22.8 Å². The predicted molar refractivity (Wildman–Crippen MR) is 141 cm³/mol. The second-order valence-electron chi connectivity index (χ2n) is 8.33. The van der Waals surface area contributed by atoms with E-state index in [0.717, 1.165) is 16.8 Å². The van der Waals surface area contributed by atoms with Crippen molar-refractivity contribution in [3.8, 4) is 0 Å². The molecule has 2 atom stereocenters. The van der Waals surface area contributed by atoms with Crippen molar-refractivity contribution in [1.82, 2.24) is 4.31 Å². The van der Waals surface area contributed by atoms with Gasteiger partial charge in [0.1, 0.15) is 17.3 Å². The van der Waals surface area contributed by atoms with E-state index in [0.29, 0.717) is 16.3 Å². The smallest absolute Gasteiger partial charge is 0.248 e. The topological polar surface area (TPSA) is 49.4 Å². The highest BCUT2D eigenvalue weighted by Crippen LogP contribution is 2.48. The minimum absolute atomic E-state index is 0.0366. The minimum Gasteiger partial charge on any atom is -0.356 e. The maximum Gasteiger partial charge on any atom is 0.248 e. The Balaban J connectivity index is 1.58. The van der Waals surface area contributed by atoms with Gasteiger partial charge in [0.2, 0.25) is 5.91 Å². The molecule has 3 aromatic carbocycles. The van der Waals surface area contributed by atoms with E-state index in [4.69, 9.17) is 24.4 Å². The molecule has 1 aliphatic heterocycles. The highest BCUT2D eigenvalue weighted by molar-refractivity contribution is 7.78. The summed E-state index contributed by atoms with van der Waals surface area (Å²) >= 11 is 12.5. The molecule has 5 rings (SSSR count). The van der Waals surface area contributed by atoms with Crippen LogP contribution in [0.5, 0.6) is 0 Å². The molecule has 0 saturated carbocycles. The maximum atomic E-state index is 13.7. The van der Waals surface area contributed by atoms with Gasteiger partial charge in [-0.1, -0.05) is 54.7 Å². The summed E-state index contributed by atoms with van der Waals surface area (Å²) in [5.74, 6) is -2.00. The summed E-state index contributed by atoms with van der Waals surface area (Å²) in [6.07, 6.45) is 0.0366. The van der Waals surface area contributed by atoms with Gasteiger partial charge in [-0.3, -0.25) is 13.9 Å². The minimum atomic E-state index is -1.10. The lowest BCUT2D eigenvalue weighted by Crippen LogP contribution is -2.54. The first-order valence-electron chi connectivity index (χ1n) is 10.9. The van der Waals surface area contributed by atoms with Crippen molar-refractivity contribution in [2.75, 3.05) is 5.32 Å². The molecule has 1 amide bonds. The van der Waals surface area contributed by atoms with E-state index in [9.17, 15) is 14.0 Å². The molecule has 2 unspecified atom stereocenters. The molecular weight excluding hydrogens is 503 g/mol. The first kappa shape index (κ1) is 23.6. The van der Waals surface area contributed by atoms with Crippen molar-refractivity contribution >= 4 is 58.8 Å². The summed E-state index contributed by atoms with van der Waals surface area (Å²) < 4.78 is 14.7. The van der Waals surface area contributed by atoms with E-state index < -0.39 is 17.4 Å². The van der Waals surface area contributed by atoms with Gasteiger partial charge in [0.25, 0.3) is 0 Å². The summed E-state index contributed by atoms with van der Waals surface area (Å²) in [6.45, 7) is 0. The van der Waals surface area contributed by atoms with Crippen LogP contribution in [0.25, 0.3) is 0 Å². The number of carbonyl (C=O) groups is 2. The molecule has 35 heavy (non-hydrogen) atoms. The molecule has 0 radical (unpaired) electrons. The van der Waals surface area contributed by atoms with Gasteiger partial charge >= 0.3 is 0 Å². The fraction of sp³-hybridized carbons (Fsp3) is 0.111. The number of hydrogen-bond donors (Lipinski definition) is 2. The van der Waals surface area contributed by atoms with Crippen LogP contribution in [-0.4, -0.2) is 16.0 Å². The van der Waals surface area contributed by atoms with Gasteiger partial charge in [0.05, 0.1) is 0 Å². The molecule has 8 heteroatoms. The molecule has 0 aliphatic carbocycles. The SMILES string of the molecule is O=C1CC(c2ccsc2)(c2cccc(Nc3ccc(F)cc3)c2)N(S)C(=O)C1c1ccccc1Cl. The predicted octanol–water partition coefficient (Wildman–Crippen LogP) is 6.96. The van der Waals surface area contributed by atoms with Crippen molar-refractivity contribution in [2.45, 2.75) is 17.9 Å². The molecule has 4 aromatic rings. The zero-order valence-electron chi connectivity index (χ0n) is 18.3. The van der Waals surface area contributed by atoms with Crippen molar-refractivity contribution in [3.05, 3.63) is 117 Å². The highest BCUT2D eigenvalue weighted by Gasteiger charge is 2.52. The van der Waals surface area contributed by atoms with E-state index in [1.54, 1.807) is 36.4 Å². The fourth-order valence-electron chi connectivity index (χ4n) is 4.56. The third-order valence-electron chi connectivity index (χ3n) is 6.26. The number of thiophene rings is 1. The highest BCUT2D eigenvalue weighted by atomic mass is 35.5. The molecule has 0 bridgehead atoms. The Morgan fingerprint density at radius 3 is 2.46 bits per heavy atom. The van der Waals surface area contributed by atoms with Gasteiger partial charge in [-0.15, -0.1) is 0 Å². The Morgan fingerprint density at radius 2 is 1.74 bits per heavy atom. The first-order valence-corrected chi connectivity index (χ1v) is 12.6. The number of benzene rings is 3. The molecule has 1 saturated heterocycles. The van der Waals surface area contributed by atoms with Crippen LogP contribution in [0.3, 0.4) is 0 Å². The van der Waals surface area contributed by atoms with Crippen LogP contribution >= 0.6 is 35.8 Å². The number of Topliss-reactive ketones (excluding diaryl/α,β-unsaturated/α-hetero) is 1. The zero-order valence-corrected chi connectivity index (χ0v) is 20.8. The average Bonchev–Trinajstić information content (AvgIpc) is 3.40. The quantitative estimate of drug-likeness (QED) is 0.220. The molecule has 1 aliphatic rings. The van der Waals surface area contributed by atoms with E-state index in [1.165, 1.54) is 27.8 Å². The fourth-order valence-corrected chi connectivity index (χ4v) is 5.95. The number of halogens is 2. The lowest BCUT2D eigenvalue weighted by molar-refractivity contribution is -0.142. The van der Waals surface area contributed by atoms with Crippen molar-refractivity contribution in [3.63, 3.8) is 0 Å². The lowest BCUT2D eigenvalue weighted by Gasteiger charge is -2.46. The monoisotopic (exact) mass is 522 g/mol. The van der Waals surface area contributed by atoms with Crippen LogP contribution in [0.15, 0.2) is 89.6 Å². The van der Waals surface area contributed by atoms with Crippen LogP contribution in [0, 0.1) is 5.82 Å². The lowest BCUT2D eigenvalue weighted by atomic mass is 9.73. The Bertz CT molecular complexity index is 1390. The number of hydrogen-bond acceptors (Lipinski definition) is 5. The Hall–Kier alpha value is -3.13. The van der Waals surface area contributed by atoms with Crippen molar-refractivity contribution < 1.29 is 14.0 Å². The number of amides is 1. The van der Waals surface area contributed by atoms with Crippen LogP contribution in [0.4, 0.5) is 15.8 Å². The molecule has 0 spiro atoms. The first-order chi connectivity index (χ1) is 16.9. The van der Waals surface area contributed by atoms with Crippen molar-refractivity contribution in [2.24, 2.45) is 0 Å². The molecular formula is C27H20ClFN2O2S2. The zero-order chi connectivity index (χ0) is 24.6. The Morgan fingerprint density at radius 1 is 0.971 bits per heavy atom. The third-order valence-corrected chi connectivity index (χ3v) is 7.82. The average molecular weight is 523 g/mol. The third kappa shape index (κ3) is 4.24. The molecule has 2 heterocycles. The number of nitrogens with one attached hydrogen (secondary N) is 1. The summed E-state index contributed by atoms with van der Waals surface area (Å²) in [4.78, 5) is 27.3. The molecule has 4 nitrogen and oxygen atoms in total. The second-order valence-corrected chi connectivity index (χ2v) is 9.92. The van der Waals surface area contributed by atoms with Crippen LogP contribution in [0.1, 0.15) is 29.0 Å².